The normalized spacial score (nSPS) is 11.3. The van der Waals surface area contributed by atoms with Crippen molar-refractivity contribution in [2.75, 3.05) is 52.7 Å². The van der Waals surface area contributed by atoms with Crippen molar-refractivity contribution in [1.29, 1.82) is 0 Å². The Hall–Kier alpha value is -10.3. The van der Waals surface area contributed by atoms with Crippen molar-refractivity contribution in [2.24, 2.45) is 4.99 Å². The maximum Gasteiger partial charge on any atom is 0.403 e. The van der Waals surface area contributed by atoms with Crippen LogP contribution in [0.5, 0.6) is 23.0 Å². The van der Waals surface area contributed by atoms with Gasteiger partial charge in [-0.05, 0) is 121 Å². The number of aromatic nitrogens is 4. The molecule has 2 amide bonds. The van der Waals surface area contributed by atoms with Crippen molar-refractivity contribution < 1.29 is 128 Å². The summed E-state index contributed by atoms with van der Waals surface area (Å²) in [4.78, 5) is 85.7. The summed E-state index contributed by atoms with van der Waals surface area (Å²) in [6.45, 7) is 24.2. The van der Waals surface area contributed by atoms with Crippen LogP contribution in [0.15, 0.2) is 212 Å². The number of hydrogen-bond donors (Lipinski definition) is 8. The molecule has 25 nitrogen and oxygen atoms in total. The third-order valence-electron chi connectivity index (χ3n) is 12.3. The van der Waals surface area contributed by atoms with Gasteiger partial charge >= 0.3 is 30.1 Å². The number of pyridine rings is 4. The molecule has 4 unspecified atom stereocenters. The van der Waals surface area contributed by atoms with E-state index in [1.54, 1.807) is 134 Å². The molecule has 0 spiro atoms. The van der Waals surface area contributed by atoms with Gasteiger partial charge in [-0.25, -0.2) is 33.8 Å². The zero-order valence-corrected chi connectivity index (χ0v) is 64.9. The number of carbonyl (C=O) groups is 5. The van der Waals surface area contributed by atoms with Gasteiger partial charge in [-0.3, -0.25) is 0 Å². The fraction of sp³-hybridized carbons (Fsp3) is 0.291. The SMILES string of the molecule is C1CCOC1.C=C(C)C(=O)OCCN=C=O.C=C(C)C(=O)OCCNC(=O)Oc1c[c-]c(-c2ccccn2)cc1.C=C(C)C(=O)OCCNC(=O)Oc1c[c-]c(-c2ccccn2)cc1.CC(O)CC(C)O.CC(O)CC(C)O.Oc1c[c-]c(-c2ccccn2)cc1.Oc1c[c-]c(-c2ccccn2)cc1.[Ir].[Ir]. The minimum absolute atomic E-state index is 0. The maximum absolute atomic E-state index is 11.6. The Kier molecular flexibility index (Phi) is 52.4. The molecule has 8 N–H and O–H groups in total. The Balaban J connectivity index is 0.00000125. The van der Waals surface area contributed by atoms with Gasteiger partial charge in [0, 0.05) is 118 Å². The first-order valence-corrected chi connectivity index (χ1v) is 32.6. The number of hydrogen-bond acceptors (Lipinski definition) is 23. The van der Waals surface area contributed by atoms with Crippen molar-refractivity contribution in [3.63, 3.8) is 0 Å². The summed E-state index contributed by atoms with van der Waals surface area (Å²) in [6.07, 6.45) is 8.91. The number of aliphatic hydroxyl groups is 4. The zero-order chi connectivity index (χ0) is 76.9. The minimum Gasteiger partial charge on any atom is -0.551 e. The molecule has 106 heavy (non-hydrogen) atoms. The largest absolute Gasteiger partial charge is 0.551 e. The molecule has 27 heteroatoms. The number of amides is 2. The van der Waals surface area contributed by atoms with Crippen LogP contribution in [0, 0.1) is 24.3 Å². The number of phenols is 2. The summed E-state index contributed by atoms with van der Waals surface area (Å²) in [7, 11) is 0. The molecule has 1 aliphatic heterocycles. The summed E-state index contributed by atoms with van der Waals surface area (Å²) in [5.74, 6) is -0.308. The van der Waals surface area contributed by atoms with E-state index in [0.29, 0.717) is 41.1 Å². The van der Waals surface area contributed by atoms with Gasteiger partial charge in [-0.1, -0.05) is 68.3 Å². The average molecular weight is 1810 g/mol. The molecule has 572 valence electrons. The fourth-order valence-corrected chi connectivity index (χ4v) is 7.48. The van der Waals surface area contributed by atoms with Crippen LogP contribution < -0.4 is 20.1 Å². The van der Waals surface area contributed by atoms with E-state index in [2.05, 4.69) is 84.3 Å². The fourth-order valence-electron chi connectivity index (χ4n) is 7.48. The van der Waals surface area contributed by atoms with Crippen LogP contribution in [0.2, 0.25) is 0 Å². The van der Waals surface area contributed by atoms with Crippen LogP contribution in [0.25, 0.3) is 45.0 Å². The number of carbonyl (C=O) groups excluding carboxylic acids is 6. The number of rotatable bonds is 22. The second-order valence-electron chi connectivity index (χ2n) is 22.2. The number of aromatic hydroxyl groups is 2. The number of nitrogens with one attached hydrogen (secondary N) is 2. The molecule has 0 saturated carbocycles. The molecule has 1 fully saturated rings. The molecule has 4 atom stereocenters. The molecule has 4 aromatic carbocycles. The first kappa shape index (κ1) is 95.7. The van der Waals surface area contributed by atoms with Crippen LogP contribution in [0.1, 0.15) is 74.1 Å². The van der Waals surface area contributed by atoms with Crippen LogP contribution >= 0.6 is 0 Å². The summed E-state index contributed by atoms with van der Waals surface area (Å²) >= 11 is 0. The zero-order valence-electron chi connectivity index (χ0n) is 60.1. The van der Waals surface area contributed by atoms with Crippen molar-refractivity contribution in [1.82, 2.24) is 30.6 Å². The van der Waals surface area contributed by atoms with E-state index in [9.17, 15) is 28.8 Å². The second-order valence-corrected chi connectivity index (χ2v) is 22.2. The summed E-state index contributed by atoms with van der Waals surface area (Å²) in [6, 6.07) is 54.3. The van der Waals surface area contributed by atoms with Crippen LogP contribution in [-0.4, -0.2) is 164 Å². The first-order chi connectivity index (χ1) is 49.8. The molecule has 1 aliphatic rings. The third-order valence-corrected chi connectivity index (χ3v) is 12.3. The van der Waals surface area contributed by atoms with Crippen molar-refractivity contribution in [2.45, 2.75) is 98.6 Å². The van der Waals surface area contributed by atoms with Gasteiger partial charge in [0.05, 0.1) is 44.1 Å². The number of isocyanates is 1. The molecule has 9 rings (SSSR count). The number of aliphatic hydroxyl groups excluding tert-OH is 4. The maximum atomic E-state index is 11.6. The molecule has 0 aliphatic carbocycles. The molecule has 5 heterocycles. The Morgan fingerprint density at radius 1 is 0.481 bits per heavy atom. The van der Waals surface area contributed by atoms with Gasteiger partial charge in [0.2, 0.25) is 6.08 Å². The summed E-state index contributed by atoms with van der Waals surface area (Å²) in [5.41, 5.74) is 7.62. The molecule has 2 radical (unpaired) electrons. The predicted molar refractivity (Wildman–Crippen MR) is 392 cm³/mol. The predicted octanol–water partition coefficient (Wildman–Crippen LogP) is 11.5. The van der Waals surface area contributed by atoms with Gasteiger partial charge in [-0.15, -0.1) is 119 Å². The molecule has 0 bridgehead atoms. The van der Waals surface area contributed by atoms with Crippen LogP contribution in [0.3, 0.4) is 0 Å². The molecule has 8 aromatic rings. The van der Waals surface area contributed by atoms with Gasteiger partial charge in [-0.2, -0.15) is 0 Å². The second kappa shape index (κ2) is 58.1. The van der Waals surface area contributed by atoms with E-state index in [1.165, 1.54) is 31.1 Å². The standard InChI is InChI=1S/2C18H17N2O4.2C11H8NO.C7H9NO3.2C5H12O2.C4H8O.2Ir/c2*1-13(2)17(21)23-12-11-20-18(22)24-15-8-6-14(7-9-15)16-5-3-4-10-19-16;2*13-10-6-4-9(5-7-10)11-3-1-2-8-12-11;1-6(2)7(10)11-4-3-8-5-9;2*1-4(6)3-5(2)7;1-2-4-5-3-1;;/h2*3-6,8-10H,1,11-12H2,2H3,(H,20,22);2*1-4,6-8,13H;1,3-4H2,2H3;2*4-7H,3H2,1-2H3;1-4H2;;/q4*-1;;;;;;. The number of aliphatic imine (C=N–C) groups is 1. The van der Waals surface area contributed by atoms with Gasteiger partial charge in [0.1, 0.15) is 19.8 Å². The molecule has 4 aromatic heterocycles. The van der Waals surface area contributed by atoms with Crippen LogP contribution in [0.4, 0.5) is 9.59 Å². The average Bonchev–Trinajstić information content (AvgIpc) is 1.05. The van der Waals surface area contributed by atoms with Crippen molar-refractivity contribution >= 4 is 36.2 Å². The van der Waals surface area contributed by atoms with Gasteiger partial charge in [0.15, 0.2) is 0 Å². The quantitative estimate of drug-likeness (QED) is 0.00594. The molecular weight excluding hydrogens is 1720 g/mol. The summed E-state index contributed by atoms with van der Waals surface area (Å²) in [5, 5.41) is 57.3. The number of nitrogens with zero attached hydrogens (tertiary/aromatic N) is 5. The Bertz CT molecular complexity index is 3560. The monoisotopic (exact) mass is 1810 g/mol. The topological polar surface area (TPSA) is 367 Å². The molecular formula is C79H91Ir2N7O18-4. The minimum atomic E-state index is -0.639. The van der Waals surface area contributed by atoms with E-state index in [-0.39, 0.29) is 116 Å². The van der Waals surface area contributed by atoms with Gasteiger partial charge in [0.25, 0.3) is 0 Å². The van der Waals surface area contributed by atoms with E-state index in [0.717, 1.165) is 58.2 Å². The Morgan fingerprint density at radius 2 is 0.783 bits per heavy atom. The smallest absolute Gasteiger partial charge is 0.403 e. The molecule has 1 saturated heterocycles. The number of phenolic OH excluding ortho intramolecular Hbond substituents is 2. The van der Waals surface area contributed by atoms with E-state index in [4.69, 9.17) is 54.3 Å². The first-order valence-electron chi connectivity index (χ1n) is 32.6. The van der Waals surface area contributed by atoms with E-state index in [1.807, 2.05) is 72.8 Å². The Labute approximate surface area is 646 Å². The van der Waals surface area contributed by atoms with Gasteiger partial charge < -0.3 is 89.6 Å². The van der Waals surface area contributed by atoms with Crippen molar-refractivity contribution in [3.8, 4) is 68.0 Å². The number of benzene rings is 4. The van der Waals surface area contributed by atoms with Crippen LogP contribution in [-0.2, 0) is 78.3 Å². The summed E-state index contributed by atoms with van der Waals surface area (Å²) < 4.78 is 29.4. The number of esters is 3. The van der Waals surface area contributed by atoms with E-state index >= 15 is 0 Å². The van der Waals surface area contributed by atoms with E-state index < -0.39 is 30.1 Å². The number of ether oxygens (including phenoxy) is 6. The third kappa shape index (κ3) is 47.2. The van der Waals surface area contributed by atoms with Crippen molar-refractivity contribution in [3.05, 3.63) is 231 Å². The Morgan fingerprint density at radius 3 is 1.00 bits per heavy atom.